The highest BCUT2D eigenvalue weighted by Gasteiger charge is 2.39. The van der Waals surface area contributed by atoms with E-state index in [0.29, 0.717) is 34.0 Å². The van der Waals surface area contributed by atoms with Crippen molar-refractivity contribution in [3.63, 3.8) is 0 Å². The summed E-state index contributed by atoms with van der Waals surface area (Å²) in [6.45, 7) is 0. The highest BCUT2D eigenvalue weighted by atomic mass is 32.1. The van der Waals surface area contributed by atoms with Crippen LogP contribution in [0.2, 0.25) is 0 Å². The fourth-order valence-electron chi connectivity index (χ4n) is 5.76. The number of pyridine rings is 2. The van der Waals surface area contributed by atoms with E-state index in [4.69, 9.17) is 0 Å². The molecule has 8 rings (SSSR count). The maximum absolute atomic E-state index is 15.4. The first-order valence-electron chi connectivity index (χ1n) is 14.2. The Bertz CT molecular complexity index is 2610. The van der Waals surface area contributed by atoms with Gasteiger partial charge in [0, 0.05) is 34.7 Å². The van der Waals surface area contributed by atoms with E-state index in [0.717, 1.165) is 0 Å². The first kappa shape index (κ1) is 30.4. The van der Waals surface area contributed by atoms with Gasteiger partial charge in [0.05, 0.1) is 20.9 Å². The van der Waals surface area contributed by atoms with Crippen LogP contribution in [0.3, 0.4) is 0 Å². The van der Waals surface area contributed by atoms with Crippen LogP contribution in [0.1, 0.15) is 31.2 Å². The monoisotopic (exact) mass is 698 g/mol. The molecule has 6 aromatic rings. The van der Waals surface area contributed by atoms with Crippen molar-refractivity contribution in [3.8, 4) is 24.3 Å². The van der Waals surface area contributed by atoms with Crippen molar-refractivity contribution in [1.29, 1.82) is 21.0 Å². The first-order valence-corrected chi connectivity index (χ1v) is 15.8. The van der Waals surface area contributed by atoms with Gasteiger partial charge in [0.15, 0.2) is 46.2 Å². The van der Waals surface area contributed by atoms with Gasteiger partial charge < -0.3 is 0 Å². The minimum absolute atomic E-state index is 0.0205. The predicted molar refractivity (Wildman–Crippen MR) is 172 cm³/mol. The molecule has 0 bridgehead atoms. The number of halogens is 4. The molecule has 50 heavy (non-hydrogen) atoms. The number of thiophene rings is 2. The lowest BCUT2D eigenvalue weighted by molar-refractivity contribution is 0.513. The van der Waals surface area contributed by atoms with E-state index in [1.54, 1.807) is 60.9 Å². The molecule has 6 aromatic heterocycles. The van der Waals surface area contributed by atoms with E-state index in [-0.39, 0.29) is 56.2 Å². The van der Waals surface area contributed by atoms with E-state index >= 15 is 8.78 Å². The Hall–Kier alpha value is -6.98. The van der Waals surface area contributed by atoms with Crippen molar-refractivity contribution in [2.45, 2.75) is 0 Å². The molecule has 236 valence electrons. The number of aromatic nitrogens is 6. The Morgan fingerprint density at radius 3 is 1.36 bits per heavy atom. The van der Waals surface area contributed by atoms with Crippen LogP contribution >= 0.6 is 22.7 Å². The van der Waals surface area contributed by atoms with E-state index in [1.165, 1.54) is 21.2 Å². The second-order valence-corrected chi connectivity index (χ2v) is 12.6. The fourth-order valence-corrected chi connectivity index (χ4v) is 7.48. The third-order valence-corrected chi connectivity index (χ3v) is 10.0. The van der Waals surface area contributed by atoms with Crippen LogP contribution in [0.25, 0.3) is 33.6 Å². The van der Waals surface area contributed by atoms with Crippen molar-refractivity contribution < 1.29 is 17.6 Å². The summed E-state index contributed by atoms with van der Waals surface area (Å²) in [6, 6.07) is 17.3. The molecule has 0 aliphatic heterocycles. The Morgan fingerprint density at radius 2 is 1.02 bits per heavy atom. The number of hydrogen-bond acceptors (Lipinski definition) is 10. The number of hydrogen-bond donors (Lipinski definition) is 0. The first-order chi connectivity index (χ1) is 24.3. The molecular weight excluding hydrogens is 689 g/mol. The number of nitrogens with zero attached hydrogens (tertiary/aromatic N) is 10. The molecule has 0 saturated carbocycles. The molecular formula is C34H10F4N10S2. The van der Waals surface area contributed by atoms with Crippen molar-refractivity contribution in [2.75, 3.05) is 0 Å². The van der Waals surface area contributed by atoms with Gasteiger partial charge in [-0.3, -0.25) is 0 Å². The van der Waals surface area contributed by atoms with Crippen LogP contribution in [0.15, 0.2) is 83.2 Å². The molecule has 0 amide bonds. The zero-order valence-electron chi connectivity index (χ0n) is 24.6. The van der Waals surface area contributed by atoms with Gasteiger partial charge in [-0.2, -0.15) is 21.0 Å². The van der Waals surface area contributed by atoms with Gasteiger partial charge >= 0.3 is 0 Å². The molecule has 6 heterocycles. The highest BCUT2D eigenvalue weighted by Crippen LogP contribution is 2.53. The van der Waals surface area contributed by atoms with Gasteiger partial charge in [-0.25, -0.2) is 36.6 Å². The molecule has 0 spiro atoms. The van der Waals surface area contributed by atoms with Gasteiger partial charge in [-0.05, 0) is 47.6 Å². The molecule has 10 nitrogen and oxygen atoms in total. The molecule has 0 fully saturated rings. The van der Waals surface area contributed by atoms with E-state index < -0.39 is 42.8 Å². The van der Waals surface area contributed by atoms with E-state index in [9.17, 15) is 29.8 Å². The van der Waals surface area contributed by atoms with Crippen LogP contribution in [0.5, 0.6) is 0 Å². The molecule has 0 aromatic carbocycles. The summed E-state index contributed by atoms with van der Waals surface area (Å²) >= 11 is 0.878. The lowest BCUT2D eigenvalue weighted by atomic mass is 9.94. The minimum Gasteiger partial charge on any atom is -0.221 e. The molecule has 16 heteroatoms. The second-order valence-electron chi connectivity index (χ2n) is 10.5. The Morgan fingerprint density at radius 1 is 0.600 bits per heavy atom. The third-order valence-electron chi connectivity index (χ3n) is 7.88. The van der Waals surface area contributed by atoms with Crippen LogP contribution in [0.4, 0.5) is 17.6 Å². The molecule has 0 atom stereocenters. The standard InChI is InChI=1S/C34H10F4N10S2/c35-27-21(13-41)49-31(29(27)37)19(11-39)25-16-10-18(34-44-24-6-2-4-8-48(24)46-34)26(20(12-40)32-30(38)28(36)22(14-42)50-32)15(16)9-17(25)33-43-23-5-1-3-7-47(23)45-33/h1-10H/b25-19+,26-20+. The SMILES string of the molecule is N#C/C(=C1\C(c2nc3ccccn3n2)=CC2=C1C=C(c1nc3ccccn3n1)/C2=C(\C#N)c1sc(C#N)c(F)c1F)c1sc(C#N)c(F)c1F. The average Bonchev–Trinajstić information content (AvgIpc) is 3.97. The van der Waals surface area contributed by atoms with Gasteiger partial charge in [0.25, 0.3) is 0 Å². The topological polar surface area (TPSA) is 156 Å². The molecule has 0 saturated heterocycles. The second kappa shape index (κ2) is 11.3. The number of fused-ring (bicyclic) bond motifs is 2. The quantitative estimate of drug-likeness (QED) is 0.142. The molecule has 2 aliphatic rings. The fraction of sp³-hybridized carbons (Fsp3) is 0. The van der Waals surface area contributed by atoms with Crippen molar-refractivity contribution >= 4 is 56.3 Å². The molecule has 0 radical (unpaired) electrons. The normalized spacial score (nSPS) is 15.8. The summed E-state index contributed by atoms with van der Waals surface area (Å²) in [5.41, 5.74) is 0.811. The van der Waals surface area contributed by atoms with Crippen LogP contribution < -0.4 is 0 Å². The number of nitriles is 4. The van der Waals surface area contributed by atoms with Gasteiger partial charge in [0.1, 0.15) is 34.0 Å². The zero-order valence-corrected chi connectivity index (χ0v) is 26.2. The summed E-state index contributed by atoms with van der Waals surface area (Å²) in [7, 11) is 0. The summed E-state index contributed by atoms with van der Waals surface area (Å²) in [5.74, 6) is -5.54. The minimum atomic E-state index is -1.42. The molecule has 0 N–H and O–H groups in total. The van der Waals surface area contributed by atoms with Gasteiger partial charge in [-0.15, -0.1) is 32.9 Å². The number of rotatable bonds is 4. The van der Waals surface area contributed by atoms with Crippen molar-refractivity contribution in [2.24, 2.45) is 0 Å². The predicted octanol–water partition coefficient (Wildman–Crippen LogP) is 6.94. The largest absolute Gasteiger partial charge is 0.221 e. The molecule has 2 aliphatic carbocycles. The van der Waals surface area contributed by atoms with Crippen LogP contribution in [-0.4, -0.2) is 29.2 Å². The Kier molecular flexibility index (Phi) is 6.88. The summed E-state index contributed by atoms with van der Waals surface area (Å²) < 4.78 is 63.3. The van der Waals surface area contributed by atoms with E-state index in [1.807, 2.05) is 12.1 Å². The maximum Gasteiger partial charge on any atom is 0.188 e. The average molecular weight is 699 g/mol. The maximum atomic E-state index is 15.4. The van der Waals surface area contributed by atoms with Crippen molar-refractivity contribution in [3.05, 3.63) is 138 Å². The summed E-state index contributed by atoms with van der Waals surface area (Å²) in [5, 5.41) is 48.9. The van der Waals surface area contributed by atoms with Gasteiger partial charge in [-0.1, -0.05) is 12.1 Å². The summed E-state index contributed by atoms with van der Waals surface area (Å²) in [6.07, 6.45) is 6.25. The van der Waals surface area contributed by atoms with Crippen LogP contribution in [0, 0.1) is 68.6 Å². The Balaban J connectivity index is 1.48. The Labute approximate surface area is 285 Å². The van der Waals surface area contributed by atoms with Crippen LogP contribution in [-0.2, 0) is 0 Å². The van der Waals surface area contributed by atoms with Crippen molar-refractivity contribution in [1.82, 2.24) is 29.2 Å². The highest BCUT2D eigenvalue weighted by molar-refractivity contribution is 7.14. The molecule has 0 unspecified atom stereocenters. The summed E-state index contributed by atoms with van der Waals surface area (Å²) in [4.78, 5) is 7.02. The lowest BCUT2D eigenvalue weighted by Gasteiger charge is -2.10. The third kappa shape index (κ3) is 4.34. The van der Waals surface area contributed by atoms with Gasteiger partial charge in [0.2, 0.25) is 0 Å². The zero-order chi connectivity index (χ0) is 34.8. The lowest BCUT2D eigenvalue weighted by Crippen LogP contribution is -1.99. The number of allylic oxidation sites excluding steroid dienone is 10. The smallest absolute Gasteiger partial charge is 0.188 e. The van der Waals surface area contributed by atoms with E-state index in [2.05, 4.69) is 20.2 Å².